The zero-order chi connectivity index (χ0) is 40.1. The van der Waals surface area contributed by atoms with Gasteiger partial charge in [-0.05, 0) is 86.3 Å². The van der Waals surface area contributed by atoms with E-state index in [0.29, 0.717) is 0 Å². The van der Waals surface area contributed by atoms with Crippen LogP contribution in [0.15, 0.2) is 228 Å². The Morgan fingerprint density at radius 3 is 1.72 bits per heavy atom. The molecule has 0 fully saturated rings. The number of hydrogen-bond donors (Lipinski definition) is 0. The average molecular weight is 793 g/mol. The first kappa shape index (κ1) is 34.4. The van der Waals surface area contributed by atoms with Gasteiger partial charge < -0.3 is 4.57 Å². The van der Waals surface area contributed by atoms with Gasteiger partial charge in [0.15, 0.2) is 0 Å². The molecule has 0 N–H and O–H groups in total. The number of rotatable bonds is 4. The zero-order valence-electron chi connectivity index (χ0n) is 33.1. The number of fused-ring (bicyclic) bond motifs is 14. The van der Waals surface area contributed by atoms with Crippen molar-refractivity contribution in [3.8, 4) is 50.5 Å². The molecule has 61 heavy (non-hydrogen) atoms. The Bertz CT molecular complexity index is 3460. The van der Waals surface area contributed by atoms with E-state index in [1.807, 2.05) is 11.8 Å². The van der Waals surface area contributed by atoms with E-state index in [0.717, 1.165) is 33.8 Å². The number of hydrogen-bond acceptors (Lipinski definition) is 2. The second-order valence-corrected chi connectivity index (χ2v) is 17.2. The Morgan fingerprint density at radius 1 is 0.377 bits per heavy atom. The molecule has 0 saturated carbocycles. The molecule has 0 bridgehead atoms. The molecule has 1 aliphatic heterocycles. The van der Waals surface area contributed by atoms with Crippen molar-refractivity contribution < 1.29 is 0 Å². The van der Waals surface area contributed by atoms with Gasteiger partial charge in [0.25, 0.3) is 0 Å². The summed E-state index contributed by atoms with van der Waals surface area (Å²) < 4.78 is 2.50. The van der Waals surface area contributed by atoms with Gasteiger partial charge in [0.2, 0.25) is 0 Å². The van der Waals surface area contributed by atoms with Gasteiger partial charge >= 0.3 is 0 Å². The van der Waals surface area contributed by atoms with E-state index in [9.17, 15) is 0 Å². The molecule has 284 valence electrons. The molecule has 2 aliphatic rings. The number of nitrogens with zero attached hydrogens (tertiary/aromatic N) is 2. The molecular weight excluding hydrogens is 757 g/mol. The lowest BCUT2D eigenvalue weighted by Gasteiger charge is -2.40. The first-order valence-corrected chi connectivity index (χ1v) is 21.8. The van der Waals surface area contributed by atoms with E-state index in [1.54, 1.807) is 0 Å². The van der Waals surface area contributed by atoms with Crippen LogP contribution < -0.4 is 0 Å². The standard InChI is InChI=1S/C58H36N2S/c1-3-17-37(18-4-1)39-35-50(38-19-5-2-6-20-38)59-51(36-39)43-31-33-53(44-24-8-7-21-40(43)44)60-52-29-15-11-25-45(52)56-54(60)34-32-49-57(56)61-55-30-16-14-28-48(55)58(49)46-26-12-9-22-41(46)42-23-10-13-27-47(42)58/h1-36H. The molecule has 0 radical (unpaired) electrons. The molecule has 2 nitrogen and oxygen atoms in total. The normalized spacial score (nSPS) is 13.3. The van der Waals surface area contributed by atoms with Crippen LogP contribution in [0.5, 0.6) is 0 Å². The molecule has 0 saturated heterocycles. The van der Waals surface area contributed by atoms with Crippen molar-refractivity contribution in [3.05, 3.63) is 241 Å². The Balaban J connectivity index is 1.07. The summed E-state index contributed by atoms with van der Waals surface area (Å²) in [6.07, 6.45) is 0. The fraction of sp³-hybridized carbons (Fsp3) is 0.0172. The maximum atomic E-state index is 5.37. The van der Waals surface area contributed by atoms with Crippen LogP contribution in [0.4, 0.5) is 0 Å². The summed E-state index contributed by atoms with van der Waals surface area (Å²) >= 11 is 1.93. The fourth-order valence-corrected chi connectivity index (χ4v) is 11.9. The van der Waals surface area contributed by atoms with Crippen molar-refractivity contribution in [1.82, 2.24) is 9.55 Å². The monoisotopic (exact) mass is 792 g/mol. The van der Waals surface area contributed by atoms with E-state index in [1.165, 1.54) is 81.3 Å². The van der Waals surface area contributed by atoms with E-state index in [-0.39, 0.29) is 0 Å². The topological polar surface area (TPSA) is 17.8 Å². The summed E-state index contributed by atoms with van der Waals surface area (Å²) in [7, 11) is 0. The van der Waals surface area contributed by atoms with Gasteiger partial charge in [-0.3, -0.25) is 0 Å². The predicted molar refractivity (Wildman–Crippen MR) is 254 cm³/mol. The van der Waals surface area contributed by atoms with Crippen molar-refractivity contribution in [2.45, 2.75) is 15.2 Å². The van der Waals surface area contributed by atoms with Crippen LogP contribution in [0.2, 0.25) is 0 Å². The quantitative estimate of drug-likeness (QED) is 0.177. The van der Waals surface area contributed by atoms with Crippen molar-refractivity contribution >= 4 is 44.3 Å². The molecule has 13 rings (SSSR count). The second-order valence-electron chi connectivity index (χ2n) is 16.2. The largest absolute Gasteiger partial charge is 0.309 e. The van der Waals surface area contributed by atoms with Gasteiger partial charge in [0.1, 0.15) is 0 Å². The second kappa shape index (κ2) is 13.3. The molecule has 1 aliphatic carbocycles. The minimum Gasteiger partial charge on any atom is -0.309 e. The van der Waals surface area contributed by atoms with Crippen LogP contribution in [0.25, 0.3) is 83.0 Å². The van der Waals surface area contributed by atoms with Crippen LogP contribution >= 0.6 is 11.8 Å². The number of pyridine rings is 1. The minimum absolute atomic E-state index is 0.435. The molecule has 11 aromatic rings. The summed E-state index contributed by atoms with van der Waals surface area (Å²) in [5, 5.41) is 4.91. The van der Waals surface area contributed by atoms with E-state index < -0.39 is 5.41 Å². The number of benzene rings is 9. The summed E-state index contributed by atoms with van der Waals surface area (Å²) in [5.41, 5.74) is 17.6. The van der Waals surface area contributed by atoms with Crippen LogP contribution in [0.1, 0.15) is 22.3 Å². The van der Waals surface area contributed by atoms with Gasteiger partial charge in [-0.25, -0.2) is 4.98 Å². The van der Waals surface area contributed by atoms with Crippen molar-refractivity contribution in [3.63, 3.8) is 0 Å². The van der Waals surface area contributed by atoms with Gasteiger partial charge in [-0.1, -0.05) is 194 Å². The van der Waals surface area contributed by atoms with Crippen LogP contribution in [-0.2, 0) is 5.41 Å². The summed E-state index contributed by atoms with van der Waals surface area (Å²) in [5.74, 6) is 0. The van der Waals surface area contributed by atoms with Crippen LogP contribution in [-0.4, -0.2) is 9.55 Å². The minimum atomic E-state index is -0.435. The molecular formula is C58H36N2S. The Hall–Kier alpha value is -7.46. The maximum absolute atomic E-state index is 5.37. The Kier molecular flexibility index (Phi) is 7.49. The number of aromatic nitrogens is 2. The molecule has 3 heterocycles. The van der Waals surface area contributed by atoms with E-state index in [2.05, 4.69) is 223 Å². The maximum Gasteiger partial charge on any atom is 0.0735 e. The van der Waals surface area contributed by atoms with Crippen molar-refractivity contribution in [2.24, 2.45) is 0 Å². The Morgan fingerprint density at radius 2 is 0.967 bits per heavy atom. The smallest absolute Gasteiger partial charge is 0.0735 e. The molecule has 9 aromatic carbocycles. The fourth-order valence-electron chi connectivity index (χ4n) is 10.5. The molecule has 3 heteroatoms. The molecule has 2 aromatic heterocycles. The first-order chi connectivity index (χ1) is 30.3. The lowest BCUT2D eigenvalue weighted by molar-refractivity contribution is 0.726. The molecule has 1 spiro atoms. The lowest BCUT2D eigenvalue weighted by atomic mass is 9.67. The van der Waals surface area contributed by atoms with Crippen molar-refractivity contribution in [2.75, 3.05) is 0 Å². The van der Waals surface area contributed by atoms with Gasteiger partial charge in [0, 0.05) is 37.1 Å². The highest BCUT2D eigenvalue weighted by molar-refractivity contribution is 7.99. The highest BCUT2D eigenvalue weighted by Gasteiger charge is 2.50. The Labute approximate surface area is 358 Å². The summed E-state index contributed by atoms with van der Waals surface area (Å²) in [6, 6.07) is 80.1. The highest BCUT2D eigenvalue weighted by Crippen LogP contribution is 2.63. The number of para-hydroxylation sites is 1. The highest BCUT2D eigenvalue weighted by atomic mass is 32.2. The van der Waals surface area contributed by atoms with Gasteiger partial charge in [-0.2, -0.15) is 0 Å². The van der Waals surface area contributed by atoms with Crippen LogP contribution in [0, 0.1) is 0 Å². The van der Waals surface area contributed by atoms with Gasteiger partial charge in [-0.15, -0.1) is 0 Å². The lowest BCUT2D eigenvalue weighted by Crippen LogP contribution is -2.32. The summed E-state index contributed by atoms with van der Waals surface area (Å²) in [4.78, 5) is 8.00. The van der Waals surface area contributed by atoms with E-state index >= 15 is 0 Å². The molecule has 0 amide bonds. The van der Waals surface area contributed by atoms with Crippen molar-refractivity contribution in [1.29, 1.82) is 0 Å². The molecule has 0 unspecified atom stereocenters. The molecule has 0 atom stereocenters. The van der Waals surface area contributed by atoms with Gasteiger partial charge in [0.05, 0.1) is 33.5 Å². The predicted octanol–water partition coefficient (Wildman–Crippen LogP) is 15.2. The third kappa shape index (κ3) is 4.90. The third-order valence-electron chi connectivity index (χ3n) is 13.1. The zero-order valence-corrected chi connectivity index (χ0v) is 33.9. The van der Waals surface area contributed by atoms with Crippen LogP contribution in [0.3, 0.4) is 0 Å². The average Bonchev–Trinajstić information content (AvgIpc) is 3.83. The first-order valence-electron chi connectivity index (χ1n) is 21.0. The SMILES string of the molecule is c1ccc(-c2cc(-c3ccccc3)nc(-c3ccc(-n4c5ccccc5c5c6c(ccc54)C4(c5ccccc5S6)c5ccccc5-c5ccccc54)c4ccccc34)c2)cc1. The summed E-state index contributed by atoms with van der Waals surface area (Å²) in [6.45, 7) is 0. The van der Waals surface area contributed by atoms with E-state index in [4.69, 9.17) is 4.98 Å². The third-order valence-corrected chi connectivity index (χ3v) is 14.3.